The van der Waals surface area contributed by atoms with Crippen molar-refractivity contribution in [1.29, 1.82) is 0 Å². The summed E-state index contributed by atoms with van der Waals surface area (Å²) in [7, 11) is 0.0509. The number of nitrogens with zero attached hydrogens (tertiary/aromatic N) is 1. The third kappa shape index (κ3) is 8.85. The first kappa shape index (κ1) is 20.1. The molecule has 0 saturated heterocycles. The van der Waals surface area contributed by atoms with Gasteiger partial charge >= 0.3 is 5.97 Å². The first-order valence-electron chi connectivity index (χ1n) is 6.99. The lowest BCUT2D eigenvalue weighted by atomic mass is 10.1. The molecule has 0 rings (SSSR count). The van der Waals surface area contributed by atoms with E-state index in [2.05, 4.69) is 6.58 Å². The third-order valence-corrected chi connectivity index (χ3v) is 4.51. The Hall–Kier alpha value is -0.920. The molecule has 2 unspecified atom stereocenters. The van der Waals surface area contributed by atoms with Crippen LogP contribution in [0.4, 0.5) is 0 Å². The summed E-state index contributed by atoms with van der Waals surface area (Å²) in [5.74, 6) is -0.636. The highest BCUT2D eigenvalue weighted by atomic mass is 32.2. The Morgan fingerprint density at radius 2 is 1.81 bits per heavy atom. The van der Waals surface area contributed by atoms with E-state index in [0.717, 1.165) is 6.54 Å². The largest absolute Gasteiger partial charge is 0.459 e. The Kier molecular flexibility index (Phi) is 7.56. The van der Waals surface area contributed by atoms with Crippen LogP contribution in [-0.2, 0) is 19.6 Å². The van der Waals surface area contributed by atoms with Crippen LogP contribution in [0.25, 0.3) is 0 Å². The Balaban J connectivity index is 4.34. The van der Waals surface area contributed by atoms with Gasteiger partial charge < -0.3 is 9.22 Å². The molecule has 0 heterocycles. The third-order valence-electron chi connectivity index (χ3n) is 3.76. The van der Waals surface area contributed by atoms with Crippen LogP contribution in [0, 0.1) is 0 Å². The van der Waals surface area contributed by atoms with Gasteiger partial charge in [-0.2, -0.15) is 8.42 Å². The molecule has 0 aliphatic carbocycles. The summed E-state index contributed by atoms with van der Waals surface area (Å²) in [6.07, 6.45) is 0.828. The lowest BCUT2D eigenvalue weighted by molar-refractivity contribution is -0.913. The van der Waals surface area contributed by atoms with Crippen molar-refractivity contribution in [2.75, 3.05) is 26.4 Å². The van der Waals surface area contributed by atoms with Gasteiger partial charge in [0.25, 0.3) is 10.1 Å². The van der Waals surface area contributed by atoms with Gasteiger partial charge in [0.15, 0.2) is 0 Å². The molecule has 0 radical (unpaired) electrons. The van der Waals surface area contributed by atoms with Crippen LogP contribution in [0.3, 0.4) is 0 Å². The summed E-state index contributed by atoms with van der Waals surface area (Å²) in [6, 6.07) is 0.0657. The van der Waals surface area contributed by atoms with E-state index in [1.54, 1.807) is 6.92 Å². The summed E-state index contributed by atoms with van der Waals surface area (Å²) in [4.78, 5) is 11.4. The predicted molar refractivity (Wildman–Crippen MR) is 82.5 cm³/mol. The normalized spacial score (nSPS) is 15.3. The van der Waals surface area contributed by atoms with Gasteiger partial charge in [-0.25, -0.2) is 4.79 Å². The molecule has 6 nitrogen and oxygen atoms in total. The molecule has 0 aliphatic rings. The maximum Gasteiger partial charge on any atom is 0.333 e. The molecule has 0 aromatic rings. The van der Waals surface area contributed by atoms with E-state index in [-0.39, 0.29) is 17.9 Å². The molecule has 0 saturated carbocycles. The number of carbonyl (C=O) groups excluding carboxylic acids is 1. The molecule has 1 N–H and O–H groups in total. The van der Waals surface area contributed by atoms with Crippen molar-refractivity contribution in [3.8, 4) is 0 Å². The summed E-state index contributed by atoms with van der Waals surface area (Å²) in [5.41, 5.74) is 0.372. The molecular formula is C14H28NO5S+. The van der Waals surface area contributed by atoms with E-state index < -0.39 is 16.1 Å². The van der Waals surface area contributed by atoms with Crippen molar-refractivity contribution in [2.45, 2.75) is 45.8 Å². The van der Waals surface area contributed by atoms with E-state index >= 15 is 0 Å². The Morgan fingerprint density at radius 3 is 2.24 bits per heavy atom. The second-order valence-corrected chi connectivity index (χ2v) is 7.78. The Morgan fingerprint density at radius 1 is 1.29 bits per heavy atom. The van der Waals surface area contributed by atoms with Crippen LogP contribution in [-0.4, -0.2) is 62.0 Å². The topological polar surface area (TPSA) is 80.7 Å². The Bertz CT molecular complexity index is 470. The smallest absolute Gasteiger partial charge is 0.333 e. The molecule has 7 heteroatoms. The quantitative estimate of drug-likeness (QED) is 0.302. The van der Waals surface area contributed by atoms with E-state index in [1.165, 1.54) is 0 Å². The van der Waals surface area contributed by atoms with Crippen LogP contribution in [0.2, 0.25) is 0 Å². The summed E-state index contributed by atoms with van der Waals surface area (Å²) >= 11 is 0. The lowest BCUT2D eigenvalue weighted by Gasteiger charge is -2.36. The standard InChI is InChI=1S/C14H27NO5S/c1-11(2)14(16)20-13(4)7-9-15(5,6)12(3)8-10-21(17,18)19/h12-13H,1,7-10H2,2-6H3/p+1. The number of carbonyl (C=O) groups is 1. The highest BCUT2D eigenvalue weighted by Crippen LogP contribution is 2.14. The lowest BCUT2D eigenvalue weighted by Crippen LogP contribution is -2.49. The van der Waals surface area contributed by atoms with Gasteiger partial charge in [-0.15, -0.1) is 0 Å². The van der Waals surface area contributed by atoms with Crippen LogP contribution < -0.4 is 0 Å². The summed E-state index contributed by atoms with van der Waals surface area (Å²) < 4.78 is 36.2. The minimum absolute atomic E-state index is 0.0657. The monoisotopic (exact) mass is 322 g/mol. The van der Waals surface area contributed by atoms with Crippen LogP contribution >= 0.6 is 0 Å². The van der Waals surface area contributed by atoms with Gasteiger partial charge in [0.2, 0.25) is 0 Å². The average molecular weight is 322 g/mol. The Labute approximate surface area is 128 Å². The molecule has 0 aromatic heterocycles. The second kappa shape index (κ2) is 7.91. The van der Waals surface area contributed by atoms with Crippen LogP contribution in [0.1, 0.15) is 33.6 Å². The molecule has 0 fully saturated rings. The highest BCUT2D eigenvalue weighted by Gasteiger charge is 2.26. The summed E-state index contributed by atoms with van der Waals surface area (Å²) in [5, 5.41) is 0. The van der Waals surface area contributed by atoms with E-state index in [1.807, 2.05) is 27.9 Å². The van der Waals surface area contributed by atoms with Crippen molar-refractivity contribution in [1.82, 2.24) is 0 Å². The number of hydrogen-bond acceptors (Lipinski definition) is 4. The van der Waals surface area contributed by atoms with E-state index in [9.17, 15) is 13.2 Å². The number of ether oxygens (including phenoxy) is 1. The number of quaternary nitrogens is 1. The maximum absolute atomic E-state index is 11.4. The zero-order valence-corrected chi connectivity index (χ0v) is 14.4. The average Bonchev–Trinajstić information content (AvgIpc) is 2.32. The van der Waals surface area contributed by atoms with E-state index in [0.29, 0.717) is 22.9 Å². The molecule has 0 amide bonds. The number of esters is 1. The van der Waals surface area contributed by atoms with Gasteiger partial charge in [-0.3, -0.25) is 4.55 Å². The van der Waals surface area contributed by atoms with Crippen molar-refractivity contribution in [3.63, 3.8) is 0 Å². The number of hydrogen-bond donors (Lipinski definition) is 1. The van der Waals surface area contributed by atoms with Gasteiger partial charge in [0.1, 0.15) is 6.10 Å². The van der Waals surface area contributed by atoms with Gasteiger partial charge in [-0.05, 0) is 20.8 Å². The fraction of sp³-hybridized carbons (Fsp3) is 0.786. The molecular weight excluding hydrogens is 294 g/mol. The van der Waals surface area contributed by atoms with Crippen LogP contribution in [0.5, 0.6) is 0 Å². The van der Waals surface area contributed by atoms with Crippen molar-refractivity contribution < 1.29 is 27.0 Å². The summed E-state index contributed by atoms with van der Waals surface area (Å²) in [6.45, 7) is 9.63. The molecule has 2 atom stereocenters. The first-order valence-corrected chi connectivity index (χ1v) is 8.60. The molecule has 21 heavy (non-hydrogen) atoms. The minimum Gasteiger partial charge on any atom is -0.459 e. The van der Waals surface area contributed by atoms with Gasteiger partial charge in [0, 0.05) is 18.4 Å². The van der Waals surface area contributed by atoms with Gasteiger partial charge in [0.05, 0.1) is 32.4 Å². The molecule has 0 aromatic carbocycles. The van der Waals surface area contributed by atoms with Gasteiger partial charge in [-0.1, -0.05) is 6.58 Å². The first-order chi connectivity index (χ1) is 9.35. The van der Waals surface area contributed by atoms with Crippen molar-refractivity contribution in [2.24, 2.45) is 0 Å². The maximum atomic E-state index is 11.4. The minimum atomic E-state index is -3.93. The van der Waals surface area contributed by atoms with Crippen LogP contribution in [0.15, 0.2) is 12.2 Å². The zero-order chi connectivity index (χ0) is 16.8. The fourth-order valence-electron chi connectivity index (χ4n) is 1.75. The fourth-order valence-corrected chi connectivity index (χ4v) is 2.39. The predicted octanol–water partition coefficient (Wildman–Crippen LogP) is 1.63. The second-order valence-electron chi connectivity index (χ2n) is 6.21. The van der Waals surface area contributed by atoms with Crippen molar-refractivity contribution in [3.05, 3.63) is 12.2 Å². The van der Waals surface area contributed by atoms with E-state index in [4.69, 9.17) is 9.29 Å². The molecule has 0 spiro atoms. The molecule has 0 aliphatic heterocycles. The van der Waals surface area contributed by atoms with Crippen molar-refractivity contribution >= 4 is 16.1 Å². The molecule has 0 bridgehead atoms. The zero-order valence-electron chi connectivity index (χ0n) is 13.6. The number of rotatable bonds is 9. The highest BCUT2D eigenvalue weighted by molar-refractivity contribution is 7.85. The molecule has 124 valence electrons. The SMILES string of the molecule is C=C(C)C(=O)OC(C)CC[N+](C)(C)C(C)CCS(=O)(=O)O.